The molecule has 0 atom stereocenters. The number of carbonyl (C=O) groups is 1. The highest BCUT2D eigenvalue weighted by molar-refractivity contribution is 5.92. The Labute approximate surface area is 97.1 Å². The number of hydrogen-bond donors (Lipinski definition) is 2. The van der Waals surface area contributed by atoms with Crippen molar-refractivity contribution in [3.63, 3.8) is 0 Å². The number of nitrogens with one attached hydrogen (secondary N) is 1. The maximum Gasteiger partial charge on any atom is 0.272 e. The monoisotopic (exact) mass is 233 g/mol. The van der Waals surface area contributed by atoms with Gasteiger partial charge in [-0.15, -0.1) is 10.2 Å². The van der Waals surface area contributed by atoms with Crippen LogP contribution in [0.5, 0.6) is 0 Å². The lowest BCUT2D eigenvalue weighted by atomic mass is 10.3. The first-order valence-corrected chi connectivity index (χ1v) is 4.94. The SMILES string of the molecule is Cc1cnc(CNC(=O)c2ccc(N)nn2)o1. The first-order chi connectivity index (χ1) is 8.15. The number of hydrogen-bond acceptors (Lipinski definition) is 6. The van der Waals surface area contributed by atoms with Crippen LogP contribution in [0.4, 0.5) is 5.82 Å². The van der Waals surface area contributed by atoms with Crippen molar-refractivity contribution in [2.45, 2.75) is 13.5 Å². The summed E-state index contributed by atoms with van der Waals surface area (Å²) in [4.78, 5) is 15.6. The van der Waals surface area contributed by atoms with Gasteiger partial charge in [-0.25, -0.2) is 4.98 Å². The molecule has 3 N–H and O–H groups in total. The molecular weight excluding hydrogens is 222 g/mol. The summed E-state index contributed by atoms with van der Waals surface area (Å²) in [6.45, 7) is 1.99. The van der Waals surface area contributed by atoms with Gasteiger partial charge in [0.05, 0.1) is 12.7 Å². The van der Waals surface area contributed by atoms with Gasteiger partial charge >= 0.3 is 0 Å². The fraction of sp³-hybridized carbons (Fsp3) is 0.200. The third kappa shape index (κ3) is 2.77. The van der Waals surface area contributed by atoms with Gasteiger partial charge in [0.25, 0.3) is 5.91 Å². The molecule has 2 aromatic rings. The van der Waals surface area contributed by atoms with E-state index in [9.17, 15) is 4.79 Å². The standard InChI is InChI=1S/C10H11N5O2/c1-6-4-12-9(17-6)5-13-10(16)7-2-3-8(11)15-14-7/h2-4H,5H2,1H3,(H2,11,15)(H,13,16). The van der Waals surface area contributed by atoms with Crippen LogP contribution in [0.2, 0.25) is 0 Å². The van der Waals surface area contributed by atoms with Gasteiger partial charge in [-0.1, -0.05) is 0 Å². The van der Waals surface area contributed by atoms with E-state index in [2.05, 4.69) is 20.5 Å². The summed E-state index contributed by atoms with van der Waals surface area (Å²) in [6.07, 6.45) is 1.59. The van der Waals surface area contributed by atoms with Crippen molar-refractivity contribution >= 4 is 11.7 Å². The number of oxazole rings is 1. The third-order valence-corrected chi connectivity index (χ3v) is 1.99. The summed E-state index contributed by atoms with van der Waals surface area (Å²) in [5, 5.41) is 9.85. The molecule has 0 aliphatic rings. The van der Waals surface area contributed by atoms with Crippen molar-refractivity contribution < 1.29 is 9.21 Å². The summed E-state index contributed by atoms with van der Waals surface area (Å²) in [5.74, 6) is 1.05. The Morgan fingerprint density at radius 2 is 2.29 bits per heavy atom. The summed E-state index contributed by atoms with van der Waals surface area (Å²) < 4.78 is 5.21. The smallest absolute Gasteiger partial charge is 0.272 e. The van der Waals surface area contributed by atoms with Gasteiger partial charge in [-0.3, -0.25) is 4.79 Å². The van der Waals surface area contributed by atoms with E-state index in [1.165, 1.54) is 12.1 Å². The highest BCUT2D eigenvalue weighted by atomic mass is 16.4. The minimum Gasteiger partial charge on any atom is -0.444 e. The predicted octanol–water partition coefficient (Wildman–Crippen LogP) is 0.285. The number of nitrogens with two attached hydrogens (primary N) is 1. The molecule has 0 fully saturated rings. The Hall–Kier alpha value is -2.44. The largest absolute Gasteiger partial charge is 0.444 e. The predicted molar refractivity (Wildman–Crippen MR) is 58.9 cm³/mol. The summed E-state index contributed by atoms with van der Waals surface area (Å²) in [5.41, 5.74) is 5.56. The molecular formula is C10H11N5O2. The fourth-order valence-corrected chi connectivity index (χ4v) is 1.19. The topological polar surface area (TPSA) is 107 Å². The Morgan fingerprint density at radius 3 is 2.88 bits per heavy atom. The molecule has 2 rings (SSSR count). The minimum atomic E-state index is -0.353. The molecule has 0 unspecified atom stereocenters. The number of rotatable bonds is 3. The average molecular weight is 233 g/mol. The molecule has 0 spiro atoms. The van der Waals surface area contributed by atoms with Crippen molar-refractivity contribution in [3.8, 4) is 0 Å². The zero-order valence-corrected chi connectivity index (χ0v) is 9.17. The van der Waals surface area contributed by atoms with Gasteiger partial charge in [0.1, 0.15) is 11.6 Å². The molecule has 0 bridgehead atoms. The quantitative estimate of drug-likeness (QED) is 0.788. The Bertz CT molecular complexity index is 520. The van der Waals surface area contributed by atoms with Crippen molar-refractivity contribution in [2.75, 3.05) is 5.73 Å². The molecule has 0 aromatic carbocycles. The maximum atomic E-state index is 11.6. The number of nitrogen functional groups attached to an aromatic ring is 1. The van der Waals surface area contributed by atoms with Gasteiger partial charge in [-0.05, 0) is 19.1 Å². The molecule has 0 aliphatic carbocycles. The second-order valence-corrected chi connectivity index (χ2v) is 3.39. The Kier molecular flexibility index (Phi) is 2.99. The van der Waals surface area contributed by atoms with Crippen LogP contribution < -0.4 is 11.1 Å². The molecule has 0 saturated carbocycles. The van der Waals surface area contributed by atoms with Crippen molar-refractivity contribution in [3.05, 3.63) is 35.7 Å². The number of aromatic nitrogens is 3. The molecule has 0 radical (unpaired) electrons. The number of anilines is 1. The van der Waals surface area contributed by atoms with Crippen LogP contribution in [-0.2, 0) is 6.54 Å². The van der Waals surface area contributed by atoms with E-state index in [0.29, 0.717) is 11.7 Å². The van der Waals surface area contributed by atoms with Gasteiger partial charge < -0.3 is 15.5 Å². The first kappa shape index (κ1) is 11.1. The highest BCUT2D eigenvalue weighted by Gasteiger charge is 2.09. The molecule has 17 heavy (non-hydrogen) atoms. The molecule has 2 aromatic heterocycles. The molecule has 2 heterocycles. The van der Waals surface area contributed by atoms with E-state index in [1.54, 1.807) is 13.1 Å². The van der Waals surface area contributed by atoms with E-state index in [4.69, 9.17) is 10.2 Å². The van der Waals surface area contributed by atoms with Crippen LogP contribution in [0.3, 0.4) is 0 Å². The summed E-state index contributed by atoms with van der Waals surface area (Å²) in [6, 6.07) is 3.01. The number of carbonyl (C=O) groups excluding carboxylic acids is 1. The van der Waals surface area contributed by atoms with Gasteiger partial charge in [0, 0.05) is 0 Å². The highest BCUT2D eigenvalue weighted by Crippen LogP contribution is 2.02. The number of amides is 1. The van der Waals surface area contributed by atoms with Gasteiger partial charge in [0.2, 0.25) is 5.89 Å². The van der Waals surface area contributed by atoms with E-state index in [1.807, 2.05) is 0 Å². The average Bonchev–Trinajstić information content (AvgIpc) is 2.73. The molecule has 7 nitrogen and oxygen atoms in total. The molecule has 88 valence electrons. The zero-order chi connectivity index (χ0) is 12.3. The summed E-state index contributed by atoms with van der Waals surface area (Å²) >= 11 is 0. The minimum absolute atomic E-state index is 0.197. The van der Waals surface area contributed by atoms with Crippen molar-refractivity contribution in [1.29, 1.82) is 0 Å². The lowest BCUT2D eigenvalue weighted by Gasteiger charge is -2.01. The van der Waals surface area contributed by atoms with E-state index in [0.717, 1.165) is 0 Å². The van der Waals surface area contributed by atoms with Gasteiger partial charge in [-0.2, -0.15) is 0 Å². The normalized spacial score (nSPS) is 10.2. The van der Waals surface area contributed by atoms with Crippen LogP contribution in [0.1, 0.15) is 22.1 Å². The first-order valence-electron chi connectivity index (χ1n) is 4.94. The van der Waals surface area contributed by atoms with E-state index < -0.39 is 0 Å². The summed E-state index contributed by atoms with van der Waals surface area (Å²) in [7, 11) is 0. The van der Waals surface area contributed by atoms with Crippen molar-refractivity contribution in [2.24, 2.45) is 0 Å². The van der Waals surface area contributed by atoms with E-state index >= 15 is 0 Å². The lowest BCUT2D eigenvalue weighted by Crippen LogP contribution is -2.24. The van der Waals surface area contributed by atoms with Crippen LogP contribution in [-0.4, -0.2) is 21.1 Å². The van der Waals surface area contributed by atoms with Crippen LogP contribution in [0.25, 0.3) is 0 Å². The Morgan fingerprint density at radius 1 is 1.47 bits per heavy atom. The second-order valence-electron chi connectivity index (χ2n) is 3.39. The second kappa shape index (κ2) is 4.60. The lowest BCUT2D eigenvalue weighted by molar-refractivity contribution is 0.0941. The molecule has 0 aliphatic heterocycles. The van der Waals surface area contributed by atoms with E-state index in [-0.39, 0.29) is 24.0 Å². The van der Waals surface area contributed by atoms with Gasteiger partial charge in [0.15, 0.2) is 5.69 Å². The van der Waals surface area contributed by atoms with Crippen molar-refractivity contribution in [1.82, 2.24) is 20.5 Å². The van der Waals surface area contributed by atoms with Crippen LogP contribution in [0.15, 0.2) is 22.7 Å². The Balaban J connectivity index is 1.95. The number of aryl methyl sites for hydroxylation is 1. The van der Waals surface area contributed by atoms with Crippen LogP contribution in [0, 0.1) is 6.92 Å². The molecule has 7 heteroatoms. The van der Waals surface area contributed by atoms with Crippen LogP contribution >= 0.6 is 0 Å². The fourth-order valence-electron chi connectivity index (χ4n) is 1.19. The molecule has 1 amide bonds. The number of nitrogens with zero attached hydrogens (tertiary/aromatic N) is 3. The maximum absolute atomic E-state index is 11.6. The zero-order valence-electron chi connectivity index (χ0n) is 9.17. The molecule has 0 saturated heterocycles. The third-order valence-electron chi connectivity index (χ3n) is 1.99.